The maximum Gasteiger partial charge on any atom is 0.185 e. The van der Waals surface area contributed by atoms with Crippen LogP contribution in [0.2, 0.25) is 0 Å². The average Bonchev–Trinajstić information content (AvgIpc) is 2.38. The first kappa shape index (κ1) is 13.0. The standard InChI is InChI=1S/C16H13IO/c1-12-2-4-13(5-3-12)6-11-16(18)14-7-9-15(17)10-8-14/h2-11H,1H3. The highest BCUT2D eigenvalue weighted by atomic mass is 127. The summed E-state index contributed by atoms with van der Waals surface area (Å²) in [5, 5.41) is 0. The summed E-state index contributed by atoms with van der Waals surface area (Å²) in [4.78, 5) is 11.9. The maximum atomic E-state index is 11.9. The molecule has 0 aliphatic rings. The van der Waals surface area contributed by atoms with Gasteiger partial charge in [0.1, 0.15) is 0 Å². The molecule has 0 unspecified atom stereocenters. The number of aryl methyl sites for hydroxylation is 1. The number of carbonyl (C=O) groups excluding carboxylic acids is 1. The van der Waals surface area contributed by atoms with Gasteiger partial charge in [-0.25, -0.2) is 0 Å². The van der Waals surface area contributed by atoms with E-state index in [1.165, 1.54) is 5.56 Å². The molecular weight excluding hydrogens is 335 g/mol. The van der Waals surface area contributed by atoms with E-state index >= 15 is 0 Å². The second-order valence-corrected chi connectivity index (χ2v) is 5.36. The van der Waals surface area contributed by atoms with E-state index in [1.54, 1.807) is 6.08 Å². The average molecular weight is 348 g/mol. The number of carbonyl (C=O) groups is 1. The fourth-order valence-electron chi connectivity index (χ4n) is 1.56. The van der Waals surface area contributed by atoms with Crippen LogP contribution in [-0.4, -0.2) is 5.78 Å². The number of benzene rings is 2. The first-order chi connectivity index (χ1) is 8.65. The minimum atomic E-state index is 0.0342. The van der Waals surface area contributed by atoms with Crippen molar-refractivity contribution < 1.29 is 4.79 Å². The van der Waals surface area contributed by atoms with Crippen molar-refractivity contribution in [3.8, 4) is 0 Å². The van der Waals surface area contributed by atoms with Gasteiger partial charge >= 0.3 is 0 Å². The Hall–Kier alpha value is -1.42. The smallest absolute Gasteiger partial charge is 0.185 e. The van der Waals surface area contributed by atoms with Gasteiger partial charge in [-0.2, -0.15) is 0 Å². The highest BCUT2D eigenvalue weighted by Gasteiger charge is 2.00. The van der Waals surface area contributed by atoms with Gasteiger partial charge in [0.25, 0.3) is 0 Å². The van der Waals surface area contributed by atoms with Gasteiger partial charge in [0.15, 0.2) is 5.78 Å². The molecule has 2 heteroatoms. The van der Waals surface area contributed by atoms with E-state index < -0.39 is 0 Å². The Kier molecular flexibility index (Phi) is 4.31. The van der Waals surface area contributed by atoms with Crippen LogP contribution in [0.4, 0.5) is 0 Å². The van der Waals surface area contributed by atoms with Crippen molar-refractivity contribution in [3.63, 3.8) is 0 Å². The Morgan fingerprint density at radius 1 is 1.00 bits per heavy atom. The predicted octanol–water partition coefficient (Wildman–Crippen LogP) is 4.50. The fraction of sp³-hybridized carbons (Fsp3) is 0.0625. The van der Waals surface area contributed by atoms with Crippen LogP contribution in [-0.2, 0) is 0 Å². The molecule has 90 valence electrons. The SMILES string of the molecule is Cc1ccc(C=CC(=O)c2ccc(I)cc2)cc1. The zero-order valence-electron chi connectivity index (χ0n) is 10.1. The second-order valence-electron chi connectivity index (χ2n) is 4.12. The molecule has 18 heavy (non-hydrogen) atoms. The summed E-state index contributed by atoms with van der Waals surface area (Å²) in [6.45, 7) is 2.05. The highest BCUT2D eigenvalue weighted by Crippen LogP contribution is 2.10. The van der Waals surface area contributed by atoms with Crippen LogP contribution in [0.25, 0.3) is 6.08 Å². The van der Waals surface area contributed by atoms with Crippen LogP contribution >= 0.6 is 22.6 Å². The number of hydrogen-bond acceptors (Lipinski definition) is 1. The number of hydrogen-bond donors (Lipinski definition) is 0. The van der Waals surface area contributed by atoms with Gasteiger partial charge in [-0.3, -0.25) is 4.79 Å². The lowest BCUT2D eigenvalue weighted by atomic mass is 10.1. The third kappa shape index (κ3) is 3.53. The molecule has 0 bridgehead atoms. The van der Waals surface area contributed by atoms with E-state index in [1.807, 2.05) is 61.5 Å². The van der Waals surface area contributed by atoms with Gasteiger partial charge in [0.05, 0.1) is 0 Å². The summed E-state index contributed by atoms with van der Waals surface area (Å²) in [6, 6.07) is 15.7. The van der Waals surface area contributed by atoms with Crippen LogP contribution in [0, 0.1) is 10.5 Å². The molecule has 2 rings (SSSR count). The lowest BCUT2D eigenvalue weighted by molar-refractivity contribution is 0.104. The third-order valence-electron chi connectivity index (χ3n) is 2.63. The lowest BCUT2D eigenvalue weighted by Crippen LogP contribution is -1.93. The van der Waals surface area contributed by atoms with Crippen LogP contribution in [0.1, 0.15) is 21.5 Å². The Balaban J connectivity index is 2.11. The topological polar surface area (TPSA) is 17.1 Å². The van der Waals surface area contributed by atoms with Crippen LogP contribution < -0.4 is 0 Å². The molecular formula is C16H13IO. The molecule has 0 N–H and O–H groups in total. The van der Waals surface area contributed by atoms with Crippen molar-refractivity contribution in [2.24, 2.45) is 0 Å². The molecule has 0 saturated carbocycles. The van der Waals surface area contributed by atoms with E-state index in [-0.39, 0.29) is 5.78 Å². The molecule has 0 aromatic heterocycles. The quantitative estimate of drug-likeness (QED) is 0.454. The van der Waals surface area contributed by atoms with Crippen molar-refractivity contribution in [2.75, 3.05) is 0 Å². The van der Waals surface area contributed by atoms with Gasteiger partial charge in [-0.1, -0.05) is 48.0 Å². The summed E-state index contributed by atoms with van der Waals surface area (Å²) in [5.41, 5.74) is 2.98. The number of rotatable bonds is 3. The van der Waals surface area contributed by atoms with Crippen LogP contribution in [0.3, 0.4) is 0 Å². The first-order valence-corrected chi connectivity index (χ1v) is 6.78. The van der Waals surface area contributed by atoms with Gasteiger partial charge in [0, 0.05) is 9.13 Å². The molecule has 0 radical (unpaired) electrons. The minimum Gasteiger partial charge on any atom is -0.289 e. The highest BCUT2D eigenvalue weighted by molar-refractivity contribution is 14.1. The summed E-state index contributed by atoms with van der Waals surface area (Å²) < 4.78 is 1.13. The van der Waals surface area contributed by atoms with Crippen molar-refractivity contribution in [1.29, 1.82) is 0 Å². The zero-order valence-corrected chi connectivity index (χ0v) is 12.2. The molecule has 0 aliphatic carbocycles. The Morgan fingerprint density at radius 3 is 2.22 bits per heavy atom. The minimum absolute atomic E-state index is 0.0342. The largest absolute Gasteiger partial charge is 0.289 e. The zero-order chi connectivity index (χ0) is 13.0. The normalized spacial score (nSPS) is 10.8. The lowest BCUT2D eigenvalue weighted by Gasteiger charge is -1.97. The Bertz CT molecular complexity index is 565. The van der Waals surface area contributed by atoms with E-state index in [2.05, 4.69) is 22.6 Å². The molecule has 0 amide bonds. The molecule has 0 heterocycles. The summed E-state index contributed by atoms with van der Waals surface area (Å²) >= 11 is 2.22. The van der Waals surface area contributed by atoms with E-state index in [0.717, 1.165) is 14.7 Å². The van der Waals surface area contributed by atoms with E-state index in [4.69, 9.17) is 0 Å². The second kappa shape index (κ2) is 5.96. The van der Waals surface area contributed by atoms with Crippen LogP contribution in [0.5, 0.6) is 0 Å². The van der Waals surface area contributed by atoms with Gasteiger partial charge < -0.3 is 0 Å². The number of halogens is 1. The number of allylic oxidation sites excluding steroid dienone is 1. The van der Waals surface area contributed by atoms with Gasteiger partial charge in [-0.15, -0.1) is 0 Å². The molecule has 1 nitrogen and oxygen atoms in total. The third-order valence-corrected chi connectivity index (χ3v) is 3.35. The monoisotopic (exact) mass is 348 g/mol. The van der Waals surface area contributed by atoms with Gasteiger partial charge in [-0.05, 0) is 53.3 Å². The Labute approximate surface area is 121 Å². The van der Waals surface area contributed by atoms with Gasteiger partial charge in [0.2, 0.25) is 0 Å². The maximum absolute atomic E-state index is 11.9. The van der Waals surface area contributed by atoms with Crippen LogP contribution in [0.15, 0.2) is 54.6 Å². The van der Waals surface area contributed by atoms with E-state index in [9.17, 15) is 4.79 Å². The fourth-order valence-corrected chi connectivity index (χ4v) is 1.92. The van der Waals surface area contributed by atoms with Crippen molar-refractivity contribution in [2.45, 2.75) is 6.92 Å². The molecule has 0 atom stereocenters. The Morgan fingerprint density at radius 2 is 1.61 bits per heavy atom. The first-order valence-electron chi connectivity index (χ1n) is 5.70. The number of ketones is 1. The molecule has 0 spiro atoms. The van der Waals surface area contributed by atoms with Crippen molar-refractivity contribution >= 4 is 34.5 Å². The molecule has 0 aliphatic heterocycles. The summed E-state index contributed by atoms with van der Waals surface area (Å²) in [5.74, 6) is 0.0342. The molecule has 0 saturated heterocycles. The summed E-state index contributed by atoms with van der Waals surface area (Å²) in [7, 11) is 0. The van der Waals surface area contributed by atoms with Crippen molar-refractivity contribution in [1.82, 2.24) is 0 Å². The molecule has 0 fully saturated rings. The molecule has 2 aromatic carbocycles. The predicted molar refractivity (Wildman–Crippen MR) is 83.7 cm³/mol. The van der Waals surface area contributed by atoms with E-state index in [0.29, 0.717) is 0 Å². The summed E-state index contributed by atoms with van der Waals surface area (Å²) in [6.07, 6.45) is 3.46. The van der Waals surface area contributed by atoms with Crippen molar-refractivity contribution in [3.05, 3.63) is 74.9 Å². The molecule has 2 aromatic rings.